The Morgan fingerprint density at radius 3 is 2.45 bits per heavy atom. The molecule has 0 aliphatic heterocycles. The van der Waals surface area contributed by atoms with Crippen LogP contribution in [0.15, 0.2) is 59.7 Å². The average Bonchev–Trinajstić information content (AvgIpc) is 2.49. The molecule has 0 radical (unpaired) electrons. The van der Waals surface area contributed by atoms with Crippen LogP contribution in [0, 0.1) is 0 Å². The van der Waals surface area contributed by atoms with Gasteiger partial charge < -0.3 is 5.32 Å². The lowest BCUT2D eigenvalue weighted by atomic mass is 10.1. The molecule has 0 saturated heterocycles. The Morgan fingerprint density at radius 2 is 1.80 bits per heavy atom. The van der Waals surface area contributed by atoms with Gasteiger partial charge in [0.05, 0.1) is 6.21 Å². The topological polar surface area (TPSA) is 36.4 Å². The van der Waals surface area contributed by atoms with E-state index in [4.69, 9.17) is 12.2 Å². The summed E-state index contributed by atoms with van der Waals surface area (Å²) in [7, 11) is 0. The number of aryl methyl sites for hydroxylation is 1. The lowest BCUT2D eigenvalue weighted by Gasteiger charge is -2.06. The van der Waals surface area contributed by atoms with Crippen LogP contribution in [0.2, 0.25) is 0 Å². The van der Waals surface area contributed by atoms with E-state index in [0.717, 1.165) is 17.7 Å². The zero-order valence-corrected chi connectivity index (χ0v) is 12.2. The summed E-state index contributed by atoms with van der Waals surface area (Å²) in [6.07, 6.45) is 2.79. The number of benzene rings is 2. The Labute approximate surface area is 124 Å². The fraction of sp³-hybridized carbons (Fsp3) is 0.125. The highest BCUT2D eigenvalue weighted by Crippen LogP contribution is 2.04. The molecular formula is C16H17N3S. The zero-order chi connectivity index (χ0) is 14.2. The normalized spacial score (nSPS) is 10.4. The fourth-order valence-corrected chi connectivity index (χ4v) is 1.86. The summed E-state index contributed by atoms with van der Waals surface area (Å²) >= 11 is 5.15. The molecule has 0 bridgehead atoms. The van der Waals surface area contributed by atoms with Crippen LogP contribution in [0.4, 0.5) is 5.69 Å². The predicted molar refractivity (Wildman–Crippen MR) is 89.2 cm³/mol. The van der Waals surface area contributed by atoms with Gasteiger partial charge in [-0.15, -0.1) is 0 Å². The third-order valence-electron chi connectivity index (χ3n) is 2.80. The number of anilines is 1. The number of hydrogen-bond donors (Lipinski definition) is 2. The molecule has 4 heteroatoms. The molecule has 0 unspecified atom stereocenters. The third kappa shape index (κ3) is 4.48. The molecule has 102 valence electrons. The third-order valence-corrected chi connectivity index (χ3v) is 2.99. The first-order valence-corrected chi connectivity index (χ1v) is 6.93. The van der Waals surface area contributed by atoms with Crippen molar-refractivity contribution in [1.29, 1.82) is 0 Å². The Balaban J connectivity index is 1.84. The van der Waals surface area contributed by atoms with Crippen molar-refractivity contribution < 1.29 is 0 Å². The summed E-state index contributed by atoms with van der Waals surface area (Å²) in [5.41, 5.74) is 6.09. The molecule has 2 aromatic carbocycles. The largest absolute Gasteiger partial charge is 0.331 e. The lowest BCUT2D eigenvalue weighted by Crippen LogP contribution is -2.23. The van der Waals surface area contributed by atoms with Crippen LogP contribution in [0.5, 0.6) is 0 Å². The van der Waals surface area contributed by atoms with E-state index in [1.807, 2.05) is 42.5 Å². The molecule has 0 amide bonds. The number of nitrogens with zero attached hydrogens (tertiary/aromatic N) is 1. The van der Waals surface area contributed by atoms with Gasteiger partial charge in [0.25, 0.3) is 0 Å². The van der Waals surface area contributed by atoms with E-state index in [0.29, 0.717) is 5.11 Å². The first kappa shape index (κ1) is 14.2. The summed E-state index contributed by atoms with van der Waals surface area (Å²) < 4.78 is 0. The number of nitrogens with one attached hydrogen (secondary N) is 2. The molecule has 2 N–H and O–H groups in total. The van der Waals surface area contributed by atoms with E-state index in [1.165, 1.54) is 5.56 Å². The van der Waals surface area contributed by atoms with Crippen LogP contribution >= 0.6 is 12.2 Å². The molecular weight excluding hydrogens is 266 g/mol. The molecule has 0 heterocycles. The molecule has 0 spiro atoms. The molecule has 0 aliphatic carbocycles. The number of rotatable bonds is 4. The van der Waals surface area contributed by atoms with Gasteiger partial charge in [-0.2, -0.15) is 5.10 Å². The number of hydrazone groups is 1. The summed E-state index contributed by atoms with van der Waals surface area (Å²) in [4.78, 5) is 0. The maximum Gasteiger partial charge on any atom is 0.191 e. The Morgan fingerprint density at radius 1 is 1.10 bits per heavy atom. The minimum absolute atomic E-state index is 0.470. The van der Waals surface area contributed by atoms with Gasteiger partial charge in [-0.1, -0.05) is 49.4 Å². The van der Waals surface area contributed by atoms with Crippen molar-refractivity contribution in [1.82, 2.24) is 5.43 Å². The van der Waals surface area contributed by atoms with Crippen molar-refractivity contribution in [2.75, 3.05) is 5.32 Å². The highest BCUT2D eigenvalue weighted by molar-refractivity contribution is 7.80. The lowest BCUT2D eigenvalue weighted by molar-refractivity contribution is 1.05. The second-order valence-electron chi connectivity index (χ2n) is 4.29. The first-order valence-electron chi connectivity index (χ1n) is 6.52. The van der Waals surface area contributed by atoms with E-state index in [-0.39, 0.29) is 0 Å². The quantitative estimate of drug-likeness (QED) is 0.511. The van der Waals surface area contributed by atoms with Gasteiger partial charge in [-0.05, 0) is 41.9 Å². The Bertz CT molecular complexity index is 576. The maximum absolute atomic E-state index is 5.15. The van der Waals surface area contributed by atoms with Crippen molar-refractivity contribution in [3.8, 4) is 0 Å². The van der Waals surface area contributed by atoms with E-state index in [9.17, 15) is 0 Å². The van der Waals surface area contributed by atoms with Gasteiger partial charge in [-0.3, -0.25) is 5.43 Å². The van der Waals surface area contributed by atoms with E-state index in [1.54, 1.807) is 6.21 Å². The van der Waals surface area contributed by atoms with Crippen molar-refractivity contribution in [2.24, 2.45) is 5.10 Å². The molecule has 0 atom stereocenters. The molecule has 20 heavy (non-hydrogen) atoms. The SMILES string of the molecule is CCc1ccc(/C=N/NC(=S)Nc2ccccc2)cc1. The average molecular weight is 283 g/mol. The smallest absolute Gasteiger partial charge is 0.191 e. The molecule has 0 saturated carbocycles. The van der Waals surface area contributed by atoms with Gasteiger partial charge in [0, 0.05) is 5.69 Å². The summed E-state index contributed by atoms with van der Waals surface area (Å²) in [6, 6.07) is 18.0. The Kier molecular flexibility index (Phi) is 5.26. The summed E-state index contributed by atoms with van der Waals surface area (Å²) in [6.45, 7) is 2.14. The van der Waals surface area contributed by atoms with Gasteiger partial charge in [0.15, 0.2) is 5.11 Å². The van der Waals surface area contributed by atoms with E-state index in [2.05, 4.69) is 34.9 Å². The molecule has 2 rings (SSSR count). The highest BCUT2D eigenvalue weighted by Gasteiger charge is 1.94. The van der Waals surface area contributed by atoms with Gasteiger partial charge >= 0.3 is 0 Å². The van der Waals surface area contributed by atoms with Gasteiger partial charge in [-0.25, -0.2) is 0 Å². The van der Waals surface area contributed by atoms with Crippen LogP contribution in [-0.4, -0.2) is 11.3 Å². The second-order valence-corrected chi connectivity index (χ2v) is 4.69. The highest BCUT2D eigenvalue weighted by atomic mass is 32.1. The number of thiocarbonyl (C=S) groups is 1. The predicted octanol–water partition coefficient (Wildman–Crippen LogP) is 3.57. The molecule has 0 aliphatic rings. The van der Waals surface area contributed by atoms with Crippen LogP contribution in [0.3, 0.4) is 0 Å². The minimum Gasteiger partial charge on any atom is -0.331 e. The zero-order valence-electron chi connectivity index (χ0n) is 11.3. The van der Waals surface area contributed by atoms with E-state index >= 15 is 0 Å². The molecule has 3 nitrogen and oxygen atoms in total. The van der Waals surface area contributed by atoms with Crippen molar-refractivity contribution in [2.45, 2.75) is 13.3 Å². The van der Waals surface area contributed by atoms with Crippen LogP contribution in [0.1, 0.15) is 18.1 Å². The first-order chi connectivity index (χ1) is 9.78. The standard InChI is InChI=1S/C16H17N3S/c1-2-13-8-10-14(11-9-13)12-17-19-16(20)18-15-6-4-3-5-7-15/h3-12H,2H2,1H3,(H2,18,19,20)/b17-12+. The maximum atomic E-state index is 5.15. The second kappa shape index (κ2) is 7.40. The van der Waals surface area contributed by atoms with Gasteiger partial charge in [0.2, 0.25) is 0 Å². The van der Waals surface area contributed by atoms with Crippen LogP contribution < -0.4 is 10.7 Å². The minimum atomic E-state index is 0.470. The van der Waals surface area contributed by atoms with Crippen molar-refractivity contribution >= 4 is 29.2 Å². The monoisotopic (exact) mass is 283 g/mol. The molecule has 0 fully saturated rings. The number of para-hydroxylation sites is 1. The molecule has 2 aromatic rings. The summed E-state index contributed by atoms with van der Waals surface area (Å²) in [5.74, 6) is 0. The van der Waals surface area contributed by atoms with Crippen LogP contribution in [0.25, 0.3) is 0 Å². The van der Waals surface area contributed by atoms with Crippen molar-refractivity contribution in [3.63, 3.8) is 0 Å². The summed E-state index contributed by atoms with van der Waals surface area (Å²) in [5, 5.41) is 7.64. The van der Waals surface area contributed by atoms with Crippen LogP contribution in [-0.2, 0) is 6.42 Å². The number of hydrogen-bond acceptors (Lipinski definition) is 2. The molecule has 0 aromatic heterocycles. The van der Waals surface area contributed by atoms with Crippen molar-refractivity contribution in [3.05, 3.63) is 65.7 Å². The van der Waals surface area contributed by atoms with E-state index < -0.39 is 0 Å². The fourth-order valence-electron chi connectivity index (χ4n) is 1.69. The Hall–Kier alpha value is -2.20. The van der Waals surface area contributed by atoms with Gasteiger partial charge in [0.1, 0.15) is 0 Å².